The van der Waals surface area contributed by atoms with Crippen molar-refractivity contribution in [2.45, 2.75) is 18.6 Å². The summed E-state index contributed by atoms with van der Waals surface area (Å²) in [7, 11) is 1.91. The van der Waals surface area contributed by atoms with Crippen molar-refractivity contribution in [3.63, 3.8) is 0 Å². The Kier molecular flexibility index (Phi) is 4.58. The van der Waals surface area contributed by atoms with Gasteiger partial charge in [0.1, 0.15) is 5.92 Å². The fourth-order valence-electron chi connectivity index (χ4n) is 1.84. The minimum atomic E-state index is -4.51. The lowest BCUT2D eigenvalue weighted by molar-refractivity contribution is -0.155. The smallest absolute Gasteiger partial charge is 0.400 e. The molecule has 0 aromatic heterocycles. The second-order valence-electron chi connectivity index (χ2n) is 4.28. The lowest BCUT2D eigenvalue weighted by atomic mass is 10.1. The average Bonchev–Trinajstić information content (AvgIpc) is 2.62. The van der Waals surface area contributed by atoms with Crippen LogP contribution in [0.1, 0.15) is 6.42 Å². The van der Waals surface area contributed by atoms with Gasteiger partial charge in [0.2, 0.25) is 0 Å². The van der Waals surface area contributed by atoms with Gasteiger partial charge in [-0.05, 0) is 20.0 Å². The standard InChI is InChI=1S/C9H17F3N4O/c1-16-3-2-6(5-16)14-4-7(8(13)15-17)9(10,11)12/h6-7,14,17H,2-5H2,1H3,(H2,13,15). The van der Waals surface area contributed by atoms with Crippen molar-refractivity contribution in [3.05, 3.63) is 0 Å². The predicted octanol–water partition coefficient (Wildman–Crippen LogP) is 0.205. The van der Waals surface area contributed by atoms with E-state index >= 15 is 0 Å². The molecule has 0 aromatic carbocycles. The zero-order chi connectivity index (χ0) is 13.1. The van der Waals surface area contributed by atoms with Gasteiger partial charge >= 0.3 is 6.18 Å². The van der Waals surface area contributed by atoms with Crippen LogP contribution in [0.25, 0.3) is 0 Å². The molecule has 0 aromatic rings. The fourth-order valence-corrected chi connectivity index (χ4v) is 1.84. The summed E-state index contributed by atoms with van der Waals surface area (Å²) in [5.74, 6) is -2.75. The first-order valence-electron chi connectivity index (χ1n) is 5.30. The summed E-state index contributed by atoms with van der Waals surface area (Å²) >= 11 is 0. The number of likely N-dealkylation sites (N-methyl/N-ethyl adjacent to an activating group) is 1. The maximum atomic E-state index is 12.6. The second-order valence-corrected chi connectivity index (χ2v) is 4.28. The van der Waals surface area contributed by atoms with E-state index in [0.717, 1.165) is 13.0 Å². The number of oxime groups is 1. The number of nitrogens with zero attached hydrogens (tertiary/aromatic N) is 2. The van der Waals surface area contributed by atoms with Crippen LogP contribution in [0.3, 0.4) is 0 Å². The van der Waals surface area contributed by atoms with E-state index < -0.39 is 17.9 Å². The van der Waals surface area contributed by atoms with Gasteiger partial charge in [-0.15, -0.1) is 0 Å². The average molecular weight is 254 g/mol. The SMILES string of the molecule is CN1CCC(NCC(C(N)=NO)C(F)(F)F)C1. The number of amidine groups is 1. The largest absolute Gasteiger partial charge is 0.409 e. The van der Waals surface area contributed by atoms with E-state index in [1.807, 2.05) is 11.9 Å². The highest BCUT2D eigenvalue weighted by Gasteiger charge is 2.43. The Balaban J connectivity index is 2.50. The molecule has 0 amide bonds. The van der Waals surface area contributed by atoms with E-state index in [-0.39, 0.29) is 12.6 Å². The van der Waals surface area contributed by atoms with Crippen LogP contribution in [0.5, 0.6) is 0 Å². The van der Waals surface area contributed by atoms with Crippen molar-refractivity contribution < 1.29 is 18.4 Å². The van der Waals surface area contributed by atoms with Gasteiger partial charge < -0.3 is 21.2 Å². The van der Waals surface area contributed by atoms with E-state index in [2.05, 4.69) is 10.5 Å². The van der Waals surface area contributed by atoms with Crippen LogP contribution in [0.4, 0.5) is 13.2 Å². The highest BCUT2D eigenvalue weighted by atomic mass is 19.4. The summed E-state index contributed by atoms with van der Waals surface area (Å²) < 4.78 is 37.8. The summed E-state index contributed by atoms with van der Waals surface area (Å²) in [5.41, 5.74) is 5.04. The van der Waals surface area contributed by atoms with Gasteiger partial charge in [-0.25, -0.2) is 0 Å². The number of rotatable bonds is 4. The molecule has 0 aliphatic carbocycles. The van der Waals surface area contributed by atoms with E-state index in [9.17, 15) is 13.2 Å². The Bertz CT molecular complexity index is 282. The van der Waals surface area contributed by atoms with Gasteiger partial charge in [0.15, 0.2) is 5.84 Å². The van der Waals surface area contributed by atoms with E-state index in [4.69, 9.17) is 10.9 Å². The molecule has 5 nitrogen and oxygen atoms in total. The Morgan fingerprint density at radius 1 is 1.65 bits per heavy atom. The third-order valence-electron chi connectivity index (χ3n) is 2.87. The van der Waals surface area contributed by atoms with E-state index in [0.29, 0.717) is 6.54 Å². The molecular weight excluding hydrogens is 237 g/mol. The number of halogens is 3. The van der Waals surface area contributed by atoms with Crippen molar-refractivity contribution in [1.29, 1.82) is 0 Å². The number of nitrogens with two attached hydrogens (primary N) is 1. The molecule has 1 fully saturated rings. The Hall–Kier alpha value is -1.02. The predicted molar refractivity (Wildman–Crippen MR) is 56.9 cm³/mol. The molecule has 2 unspecified atom stereocenters. The van der Waals surface area contributed by atoms with Crippen molar-refractivity contribution in [1.82, 2.24) is 10.2 Å². The van der Waals surface area contributed by atoms with Crippen molar-refractivity contribution in [3.8, 4) is 0 Å². The summed E-state index contributed by atoms with van der Waals surface area (Å²) in [5, 5.41) is 13.6. The number of hydrogen-bond acceptors (Lipinski definition) is 4. The second kappa shape index (κ2) is 5.54. The molecular formula is C9H17F3N4O. The maximum absolute atomic E-state index is 12.6. The molecule has 0 saturated carbocycles. The lowest BCUT2D eigenvalue weighted by Gasteiger charge is -2.21. The quantitative estimate of drug-likeness (QED) is 0.290. The normalized spacial score (nSPS) is 25.2. The van der Waals surface area contributed by atoms with Crippen LogP contribution in [-0.2, 0) is 0 Å². The molecule has 2 atom stereocenters. The number of likely N-dealkylation sites (tertiary alicyclic amines) is 1. The Morgan fingerprint density at radius 3 is 2.71 bits per heavy atom. The number of hydrogen-bond donors (Lipinski definition) is 3. The molecule has 4 N–H and O–H groups in total. The number of alkyl halides is 3. The van der Waals surface area contributed by atoms with Crippen LogP contribution in [0.15, 0.2) is 5.16 Å². The van der Waals surface area contributed by atoms with E-state index in [1.165, 1.54) is 0 Å². The fraction of sp³-hybridized carbons (Fsp3) is 0.889. The summed E-state index contributed by atoms with van der Waals surface area (Å²) in [6, 6.07) is 0.0244. The first-order valence-corrected chi connectivity index (χ1v) is 5.30. The molecule has 1 saturated heterocycles. The summed E-state index contributed by atoms with van der Waals surface area (Å²) in [6.45, 7) is 1.20. The van der Waals surface area contributed by atoms with Crippen molar-refractivity contribution in [2.75, 3.05) is 26.7 Å². The van der Waals surface area contributed by atoms with Crippen molar-refractivity contribution in [2.24, 2.45) is 16.8 Å². The number of nitrogens with one attached hydrogen (secondary N) is 1. The molecule has 17 heavy (non-hydrogen) atoms. The molecule has 1 aliphatic rings. The molecule has 0 radical (unpaired) electrons. The highest BCUT2D eigenvalue weighted by molar-refractivity contribution is 5.83. The first-order chi connectivity index (χ1) is 7.84. The van der Waals surface area contributed by atoms with E-state index in [1.54, 1.807) is 0 Å². The minimum absolute atomic E-state index is 0.0244. The molecule has 1 aliphatic heterocycles. The minimum Gasteiger partial charge on any atom is -0.409 e. The van der Waals surface area contributed by atoms with Gasteiger partial charge in [-0.3, -0.25) is 0 Å². The van der Waals surface area contributed by atoms with Crippen LogP contribution >= 0.6 is 0 Å². The maximum Gasteiger partial charge on any atom is 0.400 e. The lowest BCUT2D eigenvalue weighted by Crippen LogP contribution is -2.45. The third-order valence-corrected chi connectivity index (χ3v) is 2.87. The first kappa shape index (κ1) is 14.0. The zero-order valence-corrected chi connectivity index (χ0v) is 9.54. The topological polar surface area (TPSA) is 73.9 Å². The van der Waals surface area contributed by atoms with Gasteiger partial charge in [-0.2, -0.15) is 13.2 Å². The monoisotopic (exact) mass is 254 g/mol. The van der Waals surface area contributed by atoms with Crippen LogP contribution in [-0.4, -0.2) is 54.8 Å². The van der Waals surface area contributed by atoms with Gasteiger partial charge in [0.05, 0.1) is 0 Å². The van der Waals surface area contributed by atoms with Gasteiger partial charge in [0, 0.05) is 19.1 Å². The van der Waals surface area contributed by atoms with Crippen LogP contribution in [0, 0.1) is 5.92 Å². The molecule has 1 heterocycles. The van der Waals surface area contributed by atoms with Gasteiger partial charge in [-0.1, -0.05) is 5.16 Å². The Morgan fingerprint density at radius 2 is 2.29 bits per heavy atom. The van der Waals surface area contributed by atoms with Gasteiger partial charge in [0.25, 0.3) is 0 Å². The summed E-state index contributed by atoms with van der Waals surface area (Å²) in [6.07, 6.45) is -3.70. The molecule has 100 valence electrons. The molecule has 8 heteroatoms. The van der Waals surface area contributed by atoms with Crippen LogP contribution < -0.4 is 11.1 Å². The van der Waals surface area contributed by atoms with Crippen molar-refractivity contribution >= 4 is 5.84 Å². The molecule has 0 bridgehead atoms. The highest BCUT2D eigenvalue weighted by Crippen LogP contribution is 2.26. The van der Waals surface area contributed by atoms with Crippen LogP contribution in [0.2, 0.25) is 0 Å². The summed E-state index contributed by atoms with van der Waals surface area (Å²) in [4.78, 5) is 2.03. The molecule has 1 rings (SSSR count). The Labute approximate surface area is 97.4 Å². The molecule has 0 spiro atoms. The third kappa shape index (κ3) is 4.04. The zero-order valence-electron chi connectivity index (χ0n) is 9.54.